The molecule has 250 valence electrons. The Bertz CT molecular complexity index is 1710. The van der Waals surface area contributed by atoms with Gasteiger partial charge in [-0.15, -0.1) is 0 Å². The van der Waals surface area contributed by atoms with E-state index in [1.807, 2.05) is 4.98 Å². The van der Waals surface area contributed by atoms with Crippen LogP contribution in [0.3, 0.4) is 0 Å². The molecule has 1 aromatic carbocycles. The molecule has 1 fully saturated rings. The van der Waals surface area contributed by atoms with Gasteiger partial charge in [-0.3, -0.25) is 28.2 Å². The summed E-state index contributed by atoms with van der Waals surface area (Å²) in [5.74, 6) is -2.61. The van der Waals surface area contributed by atoms with Crippen LogP contribution in [0.4, 0.5) is 0 Å². The molecule has 1 aliphatic rings. The average Bonchev–Trinajstić information content (AvgIpc) is 3.19. The number of phosphoric acid groups is 3. The monoisotopic (exact) mass is 724 g/mol. The maximum atomic E-state index is 12.7. The van der Waals surface area contributed by atoms with Crippen LogP contribution in [0, 0.1) is 0 Å². The first-order valence-electron chi connectivity index (χ1n) is 11.9. The quantitative estimate of drug-likeness (QED) is 0.0942. The summed E-state index contributed by atoms with van der Waals surface area (Å²) in [7, 11) is -23.2. The van der Waals surface area contributed by atoms with Crippen LogP contribution in [0.2, 0.25) is 0 Å². The first-order valence-corrected chi connectivity index (χ1v) is 18.2. The fourth-order valence-electron chi connectivity index (χ4n) is 3.52. The Balaban J connectivity index is 1.72. The van der Waals surface area contributed by atoms with Crippen molar-refractivity contribution in [2.75, 3.05) is 12.8 Å². The molecule has 0 spiro atoms. The summed E-state index contributed by atoms with van der Waals surface area (Å²) in [5.41, 5.74) is -1.89. The number of rotatable bonds is 15. The van der Waals surface area contributed by atoms with Gasteiger partial charge in [0.25, 0.3) is 5.56 Å². The molecule has 2 aromatic rings. The summed E-state index contributed by atoms with van der Waals surface area (Å²) in [6.45, 7) is -1.21. The van der Waals surface area contributed by atoms with E-state index in [1.54, 1.807) is 6.07 Å². The summed E-state index contributed by atoms with van der Waals surface area (Å²) in [4.78, 5) is 87.4. The van der Waals surface area contributed by atoms with Crippen molar-refractivity contribution in [1.29, 1.82) is 0 Å². The number of benzene rings is 1. The lowest BCUT2D eigenvalue weighted by Gasteiger charge is -2.22. The van der Waals surface area contributed by atoms with Crippen LogP contribution in [0.5, 0.6) is 0 Å². The number of carboxylic acid groups (broad SMARTS) is 1. The zero-order valence-corrected chi connectivity index (χ0v) is 25.7. The van der Waals surface area contributed by atoms with Gasteiger partial charge >= 0.3 is 48.7 Å². The van der Waals surface area contributed by atoms with Gasteiger partial charge in [0, 0.05) is 12.3 Å². The predicted octanol–water partition coefficient (Wildman–Crippen LogP) is 0.0482. The van der Waals surface area contributed by atoms with Crippen LogP contribution in [-0.4, -0.2) is 82.4 Å². The molecular formula is C19H24N2O20P4. The van der Waals surface area contributed by atoms with E-state index in [0.717, 1.165) is 12.3 Å². The third-order valence-electron chi connectivity index (χ3n) is 5.34. The number of hydrogen-bond acceptors (Lipinski definition) is 15. The number of carbonyl (C=O) groups excluding carboxylic acids is 1. The Hall–Kier alpha value is -2.64. The minimum Gasteiger partial charge on any atom is -0.481 e. The normalized spacial score (nSPS) is 25.3. The van der Waals surface area contributed by atoms with Crippen molar-refractivity contribution in [2.24, 2.45) is 0 Å². The van der Waals surface area contributed by atoms with Gasteiger partial charge in [0.1, 0.15) is 12.2 Å². The minimum absolute atomic E-state index is 0.00788. The number of aliphatic carboxylic acids is 1. The number of carbonyl (C=O) groups is 2. The SMILES string of the molecule is O=C(O)CCP(=O)(O)OP(=O)(O)OP(=O)(O)OP(=O)(O)OC[C@H]1O[C@@H](n2ccc(=O)[nH]c2=O)C(OC(=O)c2ccccc2)[C@H]1O. The smallest absolute Gasteiger partial charge is 0.481 e. The van der Waals surface area contributed by atoms with Gasteiger partial charge in [-0.25, -0.2) is 27.6 Å². The number of ether oxygens (including phenoxy) is 2. The molecule has 1 saturated heterocycles. The number of nitrogens with zero attached hydrogens (tertiary/aromatic N) is 1. The Morgan fingerprint density at radius 2 is 1.51 bits per heavy atom. The lowest BCUT2D eigenvalue weighted by Crippen LogP contribution is -2.40. The highest BCUT2D eigenvalue weighted by atomic mass is 31.3. The van der Waals surface area contributed by atoms with Crippen LogP contribution in [0.25, 0.3) is 0 Å². The van der Waals surface area contributed by atoms with Crippen molar-refractivity contribution < 1.29 is 84.6 Å². The number of aliphatic hydroxyl groups is 1. The third kappa shape index (κ3) is 11.0. The van der Waals surface area contributed by atoms with Gasteiger partial charge in [-0.1, -0.05) is 18.2 Å². The fraction of sp³-hybridized carbons (Fsp3) is 0.368. The molecule has 3 rings (SSSR count). The largest absolute Gasteiger partial charge is 0.490 e. The Kier molecular flexibility index (Phi) is 11.8. The number of aromatic nitrogens is 2. The number of aliphatic hydroxyl groups excluding tert-OH is 1. The zero-order valence-electron chi connectivity index (χ0n) is 22.1. The Morgan fingerprint density at radius 3 is 2.11 bits per heavy atom. The van der Waals surface area contributed by atoms with Crippen LogP contribution >= 0.6 is 31.1 Å². The van der Waals surface area contributed by atoms with Gasteiger partial charge in [-0.05, 0) is 12.1 Å². The van der Waals surface area contributed by atoms with E-state index >= 15 is 0 Å². The van der Waals surface area contributed by atoms with Crippen molar-refractivity contribution in [3.05, 3.63) is 69.0 Å². The first kappa shape index (κ1) is 36.8. The van der Waals surface area contributed by atoms with Crippen LogP contribution in [0.15, 0.2) is 52.2 Å². The molecule has 0 radical (unpaired) electrons. The van der Waals surface area contributed by atoms with Gasteiger partial charge in [0.15, 0.2) is 12.3 Å². The molecule has 0 aliphatic carbocycles. The van der Waals surface area contributed by atoms with E-state index in [1.165, 1.54) is 24.3 Å². The Labute approximate surface area is 250 Å². The number of phosphoric ester groups is 1. The number of hydrogen-bond donors (Lipinski definition) is 7. The van der Waals surface area contributed by atoms with Crippen molar-refractivity contribution >= 4 is 43.0 Å². The molecule has 26 heteroatoms. The summed E-state index contributed by atoms with van der Waals surface area (Å²) < 4.78 is 75.3. The van der Waals surface area contributed by atoms with Crippen molar-refractivity contribution in [3.63, 3.8) is 0 Å². The molecular weight excluding hydrogens is 700 g/mol. The number of nitrogens with one attached hydrogen (secondary N) is 1. The minimum atomic E-state index is -6.15. The average molecular weight is 724 g/mol. The summed E-state index contributed by atoms with van der Waals surface area (Å²) in [6.07, 6.45) is -8.43. The molecule has 8 atom stereocenters. The second-order valence-corrected chi connectivity index (χ2v) is 15.5. The molecule has 2 heterocycles. The third-order valence-corrected chi connectivity index (χ3v) is 11.8. The second kappa shape index (κ2) is 14.4. The molecule has 0 bridgehead atoms. The highest BCUT2D eigenvalue weighted by Gasteiger charge is 2.50. The molecule has 0 saturated carbocycles. The van der Waals surface area contributed by atoms with E-state index in [0.29, 0.717) is 4.57 Å². The maximum absolute atomic E-state index is 12.7. The fourth-order valence-corrected chi connectivity index (χ4v) is 9.00. The van der Waals surface area contributed by atoms with Crippen molar-refractivity contribution in [2.45, 2.75) is 31.0 Å². The van der Waals surface area contributed by atoms with Crippen LogP contribution in [-0.2, 0) is 50.0 Å². The Morgan fingerprint density at radius 1 is 0.911 bits per heavy atom. The van der Waals surface area contributed by atoms with E-state index in [9.17, 15) is 62.1 Å². The molecule has 1 aromatic heterocycles. The second-order valence-electron chi connectivity index (χ2n) is 8.76. The highest BCUT2D eigenvalue weighted by molar-refractivity contribution is 7.70. The van der Waals surface area contributed by atoms with Crippen LogP contribution in [0.1, 0.15) is 23.0 Å². The summed E-state index contributed by atoms with van der Waals surface area (Å²) in [5, 5.41) is 19.3. The molecule has 0 amide bonds. The standard InChI is InChI=1S/C19H24N2O20P4/c22-13-6-8-21(19(27)20-13)17-16(38-18(26)11-4-2-1-3-5-11)15(25)12(37-17)10-36-43(30,31)40-45(34,35)41-44(32,33)39-42(28,29)9-7-14(23)24/h1-6,8,12,15-17,25H,7,9-10H2,(H,23,24)(H,28,29)(H,30,31)(H,32,33)(H,34,35)(H,20,22,27)/t12-,15+,16?,17-/m1/s1. The molecule has 7 N–H and O–H groups in total. The number of esters is 1. The molecule has 1 aliphatic heterocycles. The van der Waals surface area contributed by atoms with E-state index in [4.69, 9.17) is 14.6 Å². The number of aromatic amines is 1. The van der Waals surface area contributed by atoms with Crippen LogP contribution < -0.4 is 11.2 Å². The lowest BCUT2D eigenvalue weighted by molar-refractivity contribution is -0.136. The molecule has 5 unspecified atom stereocenters. The van der Waals surface area contributed by atoms with Gasteiger partial charge in [0.05, 0.1) is 24.8 Å². The first-order chi connectivity index (χ1) is 20.7. The van der Waals surface area contributed by atoms with Crippen molar-refractivity contribution in [3.8, 4) is 0 Å². The number of H-pyrrole nitrogens is 1. The maximum Gasteiger partial charge on any atom is 0.490 e. The molecule has 45 heavy (non-hydrogen) atoms. The van der Waals surface area contributed by atoms with E-state index in [2.05, 4.69) is 17.5 Å². The lowest BCUT2D eigenvalue weighted by atomic mass is 10.1. The summed E-state index contributed by atoms with van der Waals surface area (Å²) >= 11 is 0. The van der Waals surface area contributed by atoms with Gasteiger partial charge in [-0.2, -0.15) is 8.62 Å². The summed E-state index contributed by atoms with van der Waals surface area (Å²) in [6, 6.07) is 8.16. The topological polar surface area (TPSA) is 334 Å². The molecule has 22 nitrogen and oxygen atoms in total. The van der Waals surface area contributed by atoms with E-state index < -0.39 is 98.0 Å². The van der Waals surface area contributed by atoms with Gasteiger partial charge < -0.3 is 39.3 Å². The van der Waals surface area contributed by atoms with Crippen molar-refractivity contribution in [1.82, 2.24) is 9.55 Å². The number of carboxylic acids is 1. The predicted molar refractivity (Wildman–Crippen MR) is 143 cm³/mol. The highest BCUT2D eigenvalue weighted by Crippen LogP contribution is 2.71. The van der Waals surface area contributed by atoms with Gasteiger partial charge in [0.2, 0.25) is 0 Å². The zero-order chi connectivity index (χ0) is 33.8. The van der Waals surface area contributed by atoms with E-state index in [-0.39, 0.29) is 5.56 Å².